The van der Waals surface area contributed by atoms with Crippen molar-refractivity contribution in [3.63, 3.8) is 0 Å². The van der Waals surface area contributed by atoms with E-state index in [2.05, 4.69) is 5.32 Å². The van der Waals surface area contributed by atoms with Crippen LogP contribution in [0.4, 0.5) is 11.4 Å². The maximum absolute atomic E-state index is 11.8. The molecule has 5 heteroatoms. The van der Waals surface area contributed by atoms with E-state index < -0.39 is 5.60 Å². The van der Waals surface area contributed by atoms with Gasteiger partial charge in [-0.15, -0.1) is 0 Å². The zero-order valence-electron chi connectivity index (χ0n) is 11.8. The molecule has 0 aliphatic carbocycles. The van der Waals surface area contributed by atoms with E-state index in [1.54, 1.807) is 26.0 Å². The maximum atomic E-state index is 11.8. The Hall–Kier alpha value is -1.59. The summed E-state index contributed by atoms with van der Waals surface area (Å²) in [6.45, 7) is 4.60. The van der Waals surface area contributed by atoms with E-state index in [4.69, 9.17) is 5.73 Å². The number of nitrogen functional groups attached to an aromatic ring is 1. The quantitative estimate of drug-likeness (QED) is 0.677. The average molecular weight is 265 g/mol. The van der Waals surface area contributed by atoms with Crippen LogP contribution in [0.2, 0.25) is 0 Å². The van der Waals surface area contributed by atoms with Crippen LogP contribution in [0.3, 0.4) is 0 Å². The van der Waals surface area contributed by atoms with Crippen molar-refractivity contribution in [3.8, 4) is 0 Å². The van der Waals surface area contributed by atoms with E-state index in [0.717, 1.165) is 0 Å². The number of anilines is 2. The van der Waals surface area contributed by atoms with Gasteiger partial charge < -0.3 is 21.1 Å². The van der Waals surface area contributed by atoms with Crippen molar-refractivity contribution in [1.82, 2.24) is 4.90 Å². The Morgan fingerprint density at radius 2 is 2.05 bits per heavy atom. The molecule has 19 heavy (non-hydrogen) atoms. The van der Waals surface area contributed by atoms with E-state index >= 15 is 0 Å². The molecule has 1 aromatic rings. The number of rotatable bonds is 6. The summed E-state index contributed by atoms with van der Waals surface area (Å²) < 4.78 is 0. The molecule has 0 saturated heterocycles. The van der Waals surface area contributed by atoms with E-state index in [1.165, 1.54) is 0 Å². The lowest BCUT2D eigenvalue weighted by molar-refractivity contribution is -0.116. The molecular formula is C14H23N3O2. The first kappa shape index (κ1) is 15.5. The highest BCUT2D eigenvalue weighted by Crippen LogP contribution is 2.16. The van der Waals surface area contributed by atoms with Gasteiger partial charge in [-0.1, -0.05) is 12.1 Å². The van der Waals surface area contributed by atoms with Crippen LogP contribution >= 0.6 is 0 Å². The third kappa shape index (κ3) is 6.22. The first-order valence-electron chi connectivity index (χ1n) is 6.33. The van der Waals surface area contributed by atoms with Crippen LogP contribution in [0.25, 0.3) is 0 Å². The zero-order valence-corrected chi connectivity index (χ0v) is 11.8. The average Bonchev–Trinajstić information content (AvgIpc) is 2.27. The Balaban J connectivity index is 2.38. The molecule has 0 radical (unpaired) electrons. The summed E-state index contributed by atoms with van der Waals surface area (Å²) in [5, 5.41) is 12.4. The molecule has 0 unspecified atom stereocenters. The number of amides is 1. The fourth-order valence-corrected chi connectivity index (χ4v) is 1.86. The number of hydrogen-bond acceptors (Lipinski definition) is 4. The smallest absolute Gasteiger partial charge is 0.225 e. The highest BCUT2D eigenvalue weighted by molar-refractivity contribution is 5.93. The second-order valence-corrected chi connectivity index (χ2v) is 5.44. The van der Waals surface area contributed by atoms with Gasteiger partial charge in [0.1, 0.15) is 0 Å². The summed E-state index contributed by atoms with van der Waals surface area (Å²) in [5.74, 6) is -0.0829. The van der Waals surface area contributed by atoms with Crippen LogP contribution in [0.15, 0.2) is 24.3 Å². The highest BCUT2D eigenvalue weighted by atomic mass is 16.3. The minimum atomic E-state index is -0.755. The zero-order chi connectivity index (χ0) is 14.5. The molecule has 0 heterocycles. The minimum absolute atomic E-state index is 0.0829. The van der Waals surface area contributed by atoms with Crippen LogP contribution in [-0.2, 0) is 4.79 Å². The number of hydrogen-bond donors (Lipinski definition) is 3. The van der Waals surface area contributed by atoms with Crippen molar-refractivity contribution < 1.29 is 9.90 Å². The number of para-hydroxylation sites is 2. The molecule has 0 spiro atoms. The van der Waals surface area contributed by atoms with Crippen LogP contribution < -0.4 is 11.1 Å². The number of aliphatic hydroxyl groups is 1. The molecule has 5 nitrogen and oxygen atoms in total. The Bertz CT molecular complexity index is 427. The first-order valence-corrected chi connectivity index (χ1v) is 6.33. The Morgan fingerprint density at radius 1 is 1.42 bits per heavy atom. The second kappa shape index (κ2) is 6.54. The van der Waals surface area contributed by atoms with Gasteiger partial charge in [0.25, 0.3) is 0 Å². The van der Waals surface area contributed by atoms with Crippen molar-refractivity contribution in [2.45, 2.75) is 25.9 Å². The van der Waals surface area contributed by atoms with Gasteiger partial charge >= 0.3 is 0 Å². The summed E-state index contributed by atoms with van der Waals surface area (Å²) in [5.41, 5.74) is 6.19. The van der Waals surface area contributed by atoms with Gasteiger partial charge in [-0.25, -0.2) is 0 Å². The van der Waals surface area contributed by atoms with Crippen molar-refractivity contribution in [2.75, 3.05) is 31.2 Å². The molecule has 1 amide bonds. The van der Waals surface area contributed by atoms with E-state index in [0.29, 0.717) is 30.9 Å². The highest BCUT2D eigenvalue weighted by Gasteiger charge is 2.16. The fourth-order valence-electron chi connectivity index (χ4n) is 1.86. The van der Waals surface area contributed by atoms with Gasteiger partial charge in [0.2, 0.25) is 5.91 Å². The van der Waals surface area contributed by atoms with Gasteiger partial charge in [-0.2, -0.15) is 0 Å². The largest absolute Gasteiger partial charge is 0.397 e. The SMILES string of the molecule is CN(CCC(=O)Nc1ccccc1N)CC(C)(C)O. The molecule has 0 bridgehead atoms. The third-order valence-corrected chi connectivity index (χ3v) is 2.61. The van der Waals surface area contributed by atoms with Crippen molar-refractivity contribution in [3.05, 3.63) is 24.3 Å². The standard InChI is InChI=1S/C14H23N3O2/c1-14(2,19)10-17(3)9-8-13(18)16-12-7-5-4-6-11(12)15/h4-7,19H,8-10,15H2,1-3H3,(H,16,18). The third-order valence-electron chi connectivity index (χ3n) is 2.61. The topological polar surface area (TPSA) is 78.6 Å². The normalized spacial score (nSPS) is 11.6. The second-order valence-electron chi connectivity index (χ2n) is 5.44. The summed E-state index contributed by atoms with van der Waals surface area (Å²) in [6.07, 6.45) is 0.362. The number of benzene rings is 1. The summed E-state index contributed by atoms with van der Waals surface area (Å²) >= 11 is 0. The molecule has 0 aromatic heterocycles. The monoisotopic (exact) mass is 265 g/mol. The Kier molecular flexibility index (Phi) is 5.32. The number of nitrogens with zero attached hydrogens (tertiary/aromatic N) is 1. The minimum Gasteiger partial charge on any atom is -0.397 e. The molecular weight excluding hydrogens is 242 g/mol. The number of carbonyl (C=O) groups is 1. The fraction of sp³-hybridized carbons (Fsp3) is 0.500. The van der Waals surface area contributed by atoms with Crippen LogP contribution in [0.1, 0.15) is 20.3 Å². The van der Waals surface area contributed by atoms with Gasteiger partial charge in [-0.3, -0.25) is 4.79 Å². The molecule has 1 rings (SSSR count). The lowest BCUT2D eigenvalue weighted by Crippen LogP contribution is -2.37. The van der Waals surface area contributed by atoms with Crippen LogP contribution in [0.5, 0.6) is 0 Å². The van der Waals surface area contributed by atoms with E-state index in [9.17, 15) is 9.90 Å². The molecule has 0 atom stereocenters. The molecule has 1 aromatic carbocycles. The van der Waals surface area contributed by atoms with Gasteiger partial charge in [0.15, 0.2) is 0 Å². The van der Waals surface area contributed by atoms with Gasteiger partial charge in [0.05, 0.1) is 17.0 Å². The molecule has 106 valence electrons. The molecule has 4 N–H and O–H groups in total. The summed E-state index contributed by atoms with van der Waals surface area (Å²) in [7, 11) is 1.88. The predicted octanol–water partition coefficient (Wildman–Crippen LogP) is 1.30. The maximum Gasteiger partial charge on any atom is 0.225 e. The van der Waals surface area contributed by atoms with Crippen molar-refractivity contribution in [1.29, 1.82) is 0 Å². The summed E-state index contributed by atoms with van der Waals surface area (Å²) in [6, 6.07) is 7.16. The number of carbonyl (C=O) groups excluding carboxylic acids is 1. The number of nitrogens with two attached hydrogens (primary N) is 1. The van der Waals surface area contributed by atoms with Crippen molar-refractivity contribution in [2.24, 2.45) is 0 Å². The lowest BCUT2D eigenvalue weighted by Gasteiger charge is -2.25. The van der Waals surface area contributed by atoms with Crippen molar-refractivity contribution >= 4 is 17.3 Å². The number of likely N-dealkylation sites (N-methyl/N-ethyl adjacent to an activating group) is 1. The lowest BCUT2D eigenvalue weighted by atomic mass is 10.1. The molecule has 0 aliphatic rings. The summed E-state index contributed by atoms with van der Waals surface area (Å²) in [4.78, 5) is 13.7. The van der Waals surface area contributed by atoms with Crippen LogP contribution in [0, 0.1) is 0 Å². The van der Waals surface area contributed by atoms with Gasteiger partial charge in [-0.05, 0) is 33.0 Å². The Labute approximate surface area is 114 Å². The molecule has 0 aliphatic heterocycles. The first-order chi connectivity index (χ1) is 8.78. The van der Waals surface area contributed by atoms with E-state index in [1.807, 2.05) is 24.1 Å². The molecule has 0 saturated carbocycles. The molecule has 0 fully saturated rings. The van der Waals surface area contributed by atoms with Crippen LogP contribution in [-0.4, -0.2) is 41.7 Å². The predicted molar refractivity (Wildman–Crippen MR) is 77.9 cm³/mol. The van der Waals surface area contributed by atoms with Gasteiger partial charge in [0, 0.05) is 19.5 Å². The Morgan fingerprint density at radius 3 is 2.63 bits per heavy atom. The van der Waals surface area contributed by atoms with E-state index in [-0.39, 0.29) is 5.91 Å². The number of nitrogens with one attached hydrogen (secondary N) is 1.